The number of nitrogens with one attached hydrogen (secondary N) is 1. The van der Waals surface area contributed by atoms with E-state index in [1.54, 1.807) is 6.07 Å². The number of carbonyl (C=O) groups excluding carboxylic acids is 1. The quantitative estimate of drug-likeness (QED) is 0.680. The Labute approximate surface area is 89.1 Å². The van der Waals surface area contributed by atoms with Gasteiger partial charge < -0.3 is 10.4 Å². The van der Waals surface area contributed by atoms with Gasteiger partial charge >= 0.3 is 0 Å². The Morgan fingerprint density at radius 1 is 1.33 bits per heavy atom. The minimum absolute atomic E-state index is 0.0390. The van der Waals surface area contributed by atoms with Gasteiger partial charge in [-0.1, -0.05) is 39.0 Å². The van der Waals surface area contributed by atoms with Gasteiger partial charge in [-0.25, -0.2) is 0 Å². The molecule has 0 saturated heterocycles. The van der Waals surface area contributed by atoms with Crippen molar-refractivity contribution >= 4 is 11.6 Å². The molecule has 0 fully saturated rings. The Hall–Kier alpha value is -1.35. The summed E-state index contributed by atoms with van der Waals surface area (Å²) in [6.45, 7) is 6.25. The van der Waals surface area contributed by atoms with Crippen molar-refractivity contribution in [3.8, 4) is 0 Å². The minimum Gasteiger partial charge on any atom is -0.378 e. The zero-order chi connectivity index (χ0) is 11.2. The van der Waals surface area contributed by atoms with Crippen molar-refractivity contribution in [1.29, 1.82) is 0 Å². The number of aliphatic hydroxyl groups excluding tert-OH is 1. The molecule has 0 radical (unpaired) electrons. The van der Waals surface area contributed by atoms with E-state index in [0.29, 0.717) is 5.56 Å². The van der Waals surface area contributed by atoms with Gasteiger partial charge in [0.15, 0.2) is 6.10 Å². The van der Waals surface area contributed by atoms with E-state index in [2.05, 4.69) is 26.1 Å². The zero-order valence-electron chi connectivity index (χ0n) is 9.16. The molecule has 3 heteroatoms. The van der Waals surface area contributed by atoms with E-state index >= 15 is 0 Å². The standard InChI is InChI=1S/C12H15NO2/c1-12(2,3)8-6-4-5-7-9(8)13-11(15)10(7)14/h4-6,10,14H,1-3H3,(H,13,15). The normalized spacial score (nSPS) is 20.0. The number of aliphatic hydroxyl groups is 1. The van der Waals surface area contributed by atoms with Crippen LogP contribution in [0.25, 0.3) is 0 Å². The van der Waals surface area contributed by atoms with Gasteiger partial charge in [-0.2, -0.15) is 0 Å². The van der Waals surface area contributed by atoms with Crippen molar-refractivity contribution in [3.63, 3.8) is 0 Å². The molecule has 15 heavy (non-hydrogen) atoms. The van der Waals surface area contributed by atoms with Crippen LogP contribution < -0.4 is 5.32 Å². The molecule has 1 aliphatic rings. The van der Waals surface area contributed by atoms with Crippen molar-refractivity contribution in [3.05, 3.63) is 29.3 Å². The molecule has 0 saturated carbocycles. The van der Waals surface area contributed by atoms with E-state index in [1.165, 1.54) is 0 Å². The van der Waals surface area contributed by atoms with Crippen LogP contribution in [0.2, 0.25) is 0 Å². The highest BCUT2D eigenvalue weighted by Gasteiger charge is 2.32. The van der Waals surface area contributed by atoms with E-state index in [0.717, 1.165) is 11.3 Å². The molecule has 0 aliphatic carbocycles. The molecule has 1 aliphatic heterocycles. The molecular weight excluding hydrogens is 190 g/mol. The number of para-hydroxylation sites is 1. The number of fused-ring (bicyclic) bond motifs is 1. The summed E-state index contributed by atoms with van der Waals surface area (Å²) in [5, 5.41) is 12.4. The molecule has 1 aromatic carbocycles. The molecule has 3 nitrogen and oxygen atoms in total. The van der Waals surface area contributed by atoms with Crippen molar-refractivity contribution in [1.82, 2.24) is 0 Å². The second kappa shape index (κ2) is 3.07. The lowest BCUT2D eigenvalue weighted by Crippen LogP contribution is -2.15. The van der Waals surface area contributed by atoms with Crippen LogP contribution in [-0.2, 0) is 10.2 Å². The van der Waals surface area contributed by atoms with Crippen LogP contribution in [0.4, 0.5) is 5.69 Å². The first-order valence-electron chi connectivity index (χ1n) is 5.03. The topological polar surface area (TPSA) is 49.3 Å². The number of anilines is 1. The minimum atomic E-state index is -1.01. The highest BCUT2D eigenvalue weighted by molar-refractivity contribution is 6.02. The molecule has 1 atom stereocenters. The number of amides is 1. The first kappa shape index (κ1) is 10.2. The highest BCUT2D eigenvalue weighted by Crippen LogP contribution is 2.38. The second-order valence-electron chi connectivity index (χ2n) is 4.91. The summed E-state index contributed by atoms with van der Waals surface area (Å²) < 4.78 is 0. The lowest BCUT2D eigenvalue weighted by Gasteiger charge is -2.22. The fourth-order valence-corrected chi connectivity index (χ4v) is 1.90. The Kier molecular flexibility index (Phi) is 2.08. The van der Waals surface area contributed by atoms with Gasteiger partial charge in [0.05, 0.1) is 5.69 Å². The van der Waals surface area contributed by atoms with Crippen LogP contribution in [0.15, 0.2) is 18.2 Å². The summed E-state index contributed by atoms with van der Waals surface area (Å²) in [5.74, 6) is -0.332. The number of carbonyl (C=O) groups is 1. The summed E-state index contributed by atoms with van der Waals surface area (Å²) >= 11 is 0. The summed E-state index contributed by atoms with van der Waals surface area (Å²) in [6, 6.07) is 5.65. The average Bonchev–Trinajstić information content (AvgIpc) is 2.41. The third kappa shape index (κ3) is 1.53. The summed E-state index contributed by atoms with van der Waals surface area (Å²) in [7, 11) is 0. The average molecular weight is 205 g/mol. The Bertz CT molecular complexity index is 418. The van der Waals surface area contributed by atoms with Gasteiger partial charge in [0.2, 0.25) is 0 Å². The van der Waals surface area contributed by atoms with Crippen molar-refractivity contribution in [2.45, 2.75) is 32.3 Å². The fraction of sp³-hybridized carbons (Fsp3) is 0.417. The Balaban J connectivity index is 2.60. The number of benzene rings is 1. The molecule has 2 N–H and O–H groups in total. The van der Waals surface area contributed by atoms with E-state index < -0.39 is 6.10 Å². The first-order chi connectivity index (χ1) is 6.91. The maximum Gasteiger partial charge on any atom is 0.257 e. The van der Waals surface area contributed by atoms with Crippen molar-refractivity contribution in [2.24, 2.45) is 0 Å². The van der Waals surface area contributed by atoms with Gasteiger partial charge in [-0.15, -0.1) is 0 Å². The van der Waals surface area contributed by atoms with Gasteiger partial charge in [0.1, 0.15) is 0 Å². The second-order valence-corrected chi connectivity index (χ2v) is 4.91. The van der Waals surface area contributed by atoms with Crippen LogP contribution in [-0.4, -0.2) is 11.0 Å². The number of hydrogen-bond acceptors (Lipinski definition) is 2. The van der Waals surface area contributed by atoms with Gasteiger partial charge in [-0.05, 0) is 11.0 Å². The Morgan fingerprint density at radius 2 is 2.00 bits per heavy atom. The molecule has 2 rings (SSSR count). The van der Waals surface area contributed by atoms with Gasteiger partial charge in [0.25, 0.3) is 5.91 Å². The molecule has 0 bridgehead atoms. The van der Waals surface area contributed by atoms with E-state index in [1.807, 2.05) is 12.1 Å². The van der Waals surface area contributed by atoms with Crippen molar-refractivity contribution in [2.75, 3.05) is 5.32 Å². The summed E-state index contributed by atoms with van der Waals surface area (Å²) in [4.78, 5) is 11.3. The third-order valence-electron chi connectivity index (χ3n) is 2.70. The summed E-state index contributed by atoms with van der Waals surface area (Å²) in [6.07, 6.45) is -1.01. The molecule has 0 aromatic heterocycles. The lowest BCUT2D eigenvalue weighted by molar-refractivity contribution is -0.123. The Morgan fingerprint density at radius 3 is 2.60 bits per heavy atom. The SMILES string of the molecule is CC(C)(C)c1cccc2c1NC(=O)C2O. The van der Waals surface area contributed by atoms with Crippen LogP contribution in [0, 0.1) is 0 Å². The molecule has 1 heterocycles. The highest BCUT2D eigenvalue weighted by atomic mass is 16.3. The predicted molar refractivity (Wildman–Crippen MR) is 58.7 cm³/mol. The monoisotopic (exact) mass is 205 g/mol. The third-order valence-corrected chi connectivity index (χ3v) is 2.70. The number of hydrogen-bond donors (Lipinski definition) is 2. The van der Waals surface area contributed by atoms with Crippen LogP contribution in [0.5, 0.6) is 0 Å². The molecule has 0 spiro atoms. The zero-order valence-corrected chi connectivity index (χ0v) is 9.16. The maximum atomic E-state index is 11.3. The van der Waals surface area contributed by atoms with Crippen LogP contribution in [0.1, 0.15) is 38.0 Å². The molecule has 1 amide bonds. The fourth-order valence-electron chi connectivity index (χ4n) is 1.90. The maximum absolute atomic E-state index is 11.3. The molecule has 80 valence electrons. The summed E-state index contributed by atoms with van der Waals surface area (Å²) in [5.41, 5.74) is 2.49. The van der Waals surface area contributed by atoms with Crippen LogP contribution >= 0.6 is 0 Å². The molecular formula is C12H15NO2. The van der Waals surface area contributed by atoms with Gasteiger partial charge in [0, 0.05) is 5.56 Å². The smallest absolute Gasteiger partial charge is 0.257 e. The first-order valence-corrected chi connectivity index (χ1v) is 5.03. The largest absolute Gasteiger partial charge is 0.378 e. The predicted octanol–water partition coefficient (Wildman–Crippen LogP) is 1.97. The number of rotatable bonds is 0. The molecule has 1 aromatic rings. The van der Waals surface area contributed by atoms with Crippen LogP contribution in [0.3, 0.4) is 0 Å². The van der Waals surface area contributed by atoms with E-state index in [-0.39, 0.29) is 11.3 Å². The van der Waals surface area contributed by atoms with E-state index in [4.69, 9.17) is 0 Å². The molecule has 1 unspecified atom stereocenters. The van der Waals surface area contributed by atoms with E-state index in [9.17, 15) is 9.90 Å². The lowest BCUT2D eigenvalue weighted by atomic mass is 9.84. The van der Waals surface area contributed by atoms with Gasteiger partial charge in [-0.3, -0.25) is 4.79 Å². The van der Waals surface area contributed by atoms with Crippen molar-refractivity contribution < 1.29 is 9.90 Å².